The van der Waals surface area contributed by atoms with E-state index in [9.17, 15) is 9.59 Å². The highest BCUT2D eigenvalue weighted by atomic mass is 79.9. The minimum atomic E-state index is -0.802. The monoisotopic (exact) mass is 315 g/mol. The van der Waals surface area contributed by atoms with Crippen LogP contribution in [0.5, 0.6) is 0 Å². The summed E-state index contributed by atoms with van der Waals surface area (Å²) in [6.45, 7) is -0.661. The van der Waals surface area contributed by atoms with E-state index in [2.05, 4.69) is 26.0 Å². The molecule has 0 aliphatic rings. The van der Waals surface area contributed by atoms with Crippen molar-refractivity contribution >= 4 is 27.8 Å². The molecule has 0 radical (unpaired) electrons. The maximum absolute atomic E-state index is 11.5. The highest BCUT2D eigenvalue weighted by Gasteiger charge is 2.21. The molecular formula is C12H14BrNO4. The molecule has 2 N–H and O–H groups in total. The molecule has 1 aromatic rings. The summed E-state index contributed by atoms with van der Waals surface area (Å²) in [6, 6.07) is 6.58. The molecule has 0 aromatic heterocycles. The lowest BCUT2D eigenvalue weighted by atomic mass is 10.1. The van der Waals surface area contributed by atoms with Crippen molar-refractivity contribution in [1.82, 2.24) is 5.32 Å². The third-order valence-electron chi connectivity index (χ3n) is 2.29. The molecule has 0 unspecified atom stereocenters. The Balaban J connectivity index is 2.78. The Morgan fingerprint density at radius 3 is 2.78 bits per heavy atom. The Morgan fingerprint density at radius 2 is 2.22 bits per heavy atom. The highest BCUT2D eigenvalue weighted by molar-refractivity contribution is 9.10. The summed E-state index contributed by atoms with van der Waals surface area (Å²) in [7, 11) is 1.25. The second kappa shape index (κ2) is 7.13. The quantitative estimate of drug-likeness (QED) is 0.782. The van der Waals surface area contributed by atoms with E-state index in [1.54, 1.807) is 0 Å². The van der Waals surface area contributed by atoms with Crippen molar-refractivity contribution in [2.45, 2.75) is 12.5 Å². The molecule has 1 atom stereocenters. The van der Waals surface area contributed by atoms with Crippen LogP contribution in [-0.4, -0.2) is 36.7 Å². The van der Waals surface area contributed by atoms with Crippen molar-refractivity contribution in [3.05, 3.63) is 34.3 Å². The summed E-state index contributed by atoms with van der Waals surface area (Å²) in [5, 5.41) is 11.1. The lowest BCUT2D eigenvalue weighted by Gasteiger charge is -2.16. The van der Waals surface area contributed by atoms with Gasteiger partial charge in [0.2, 0.25) is 5.91 Å². The van der Waals surface area contributed by atoms with Gasteiger partial charge in [-0.3, -0.25) is 4.79 Å². The largest absolute Gasteiger partial charge is 0.467 e. The number of amides is 1. The van der Waals surface area contributed by atoms with E-state index in [1.165, 1.54) is 7.11 Å². The summed E-state index contributed by atoms with van der Waals surface area (Å²) >= 11 is 3.33. The number of carbonyl (C=O) groups is 2. The van der Waals surface area contributed by atoms with Gasteiger partial charge in [-0.2, -0.15) is 0 Å². The van der Waals surface area contributed by atoms with Crippen molar-refractivity contribution in [2.24, 2.45) is 0 Å². The van der Waals surface area contributed by atoms with Gasteiger partial charge >= 0.3 is 5.97 Å². The molecule has 0 heterocycles. The van der Waals surface area contributed by atoms with Gasteiger partial charge in [-0.1, -0.05) is 28.1 Å². The number of benzene rings is 1. The molecular weight excluding hydrogens is 302 g/mol. The molecule has 0 aliphatic carbocycles. The second-order valence-electron chi connectivity index (χ2n) is 3.64. The summed E-state index contributed by atoms with van der Waals surface area (Å²) in [6.07, 6.45) is 0.303. The van der Waals surface area contributed by atoms with Crippen LogP contribution in [0.1, 0.15) is 5.56 Å². The van der Waals surface area contributed by atoms with Gasteiger partial charge in [0.15, 0.2) is 0 Å². The van der Waals surface area contributed by atoms with E-state index >= 15 is 0 Å². The lowest BCUT2D eigenvalue weighted by Crippen LogP contribution is -2.44. The van der Waals surface area contributed by atoms with Crippen LogP contribution in [0.25, 0.3) is 0 Å². The number of carbonyl (C=O) groups excluding carboxylic acids is 2. The number of aliphatic hydroxyl groups is 1. The molecule has 0 spiro atoms. The molecule has 1 rings (SSSR count). The van der Waals surface area contributed by atoms with E-state index < -0.39 is 24.5 Å². The van der Waals surface area contributed by atoms with Gasteiger partial charge in [-0.15, -0.1) is 0 Å². The maximum Gasteiger partial charge on any atom is 0.328 e. The van der Waals surface area contributed by atoms with E-state index in [1.807, 2.05) is 24.3 Å². The zero-order valence-corrected chi connectivity index (χ0v) is 11.4. The van der Waals surface area contributed by atoms with Crippen LogP contribution < -0.4 is 5.32 Å². The second-order valence-corrected chi connectivity index (χ2v) is 4.55. The summed E-state index contributed by atoms with van der Waals surface area (Å²) in [5.41, 5.74) is 0.873. The van der Waals surface area contributed by atoms with Gasteiger partial charge in [0, 0.05) is 10.9 Å². The highest BCUT2D eigenvalue weighted by Crippen LogP contribution is 2.13. The molecule has 6 heteroatoms. The fourth-order valence-electron chi connectivity index (χ4n) is 1.48. The first-order chi connectivity index (χ1) is 8.56. The molecule has 1 aromatic carbocycles. The molecule has 0 aliphatic heterocycles. The number of halogens is 1. The molecule has 1 amide bonds. The lowest BCUT2D eigenvalue weighted by molar-refractivity contribution is -0.145. The number of esters is 1. The average molecular weight is 316 g/mol. The predicted octanol–water partition coefficient (Wildman–Crippen LogP) is 0.642. The first-order valence-electron chi connectivity index (χ1n) is 5.29. The van der Waals surface area contributed by atoms with Gasteiger partial charge in [-0.05, 0) is 17.7 Å². The number of ether oxygens (including phenoxy) is 1. The first-order valence-corrected chi connectivity index (χ1v) is 6.08. The van der Waals surface area contributed by atoms with Crippen LogP contribution in [0.15, 0.2) is 28.7 Å². The zero-order chi connectivity index (χ0) is 13.5. The molecule has 0 saturated carbocycles. The number of hydrogen-bond acceptors (Lipinski definition) is 4. The van der Waals surface area contributed by atoms with E-state index in [0.29, 0.717) is 6.42 Å². The molecule has 18 heavy (non-hydrogen) atoms. The number of hydrogen-bond donors (Lipinski definition) is 2. The van der Waals surface area contributed by atoms with Gasteiger partial charge in [-0.25, -0.2) is 4.79 Å². The Kier molecular flexibility index (Phi) is 5.80. The Morgan fingerprint density at radius 1 is 1.50 bits per heavy atom. The summed E-state index contributed by atoms with van der Waals surface area (Å²) < 4.78 is 5.50. The Bertz CT molecular complexity index is 436. The van der Waals surface area contributed by atoms with Gasteiger partial charge in [0.25, 0.3) is 0 Å². The SMILES string of the molecule is COC(=O)[C@H](Cc1cccc(Br)c1)NC(=O)CO. The predicted molar refractivity (Wildman–Crippen MR) is 68.9 cm³/mol. The Labute approximate surface area is 113 Å². The van der Waals surface area contributed by atoms with Crippen molar-refractivity contribution in [3.8, 4) is 0 Å². The van der Waals surface area contributed by atoms with Gasteiger partial charge in [0.05, 0.1) is 7.11 Å². The van der Waals surface area contributed by atoms with Crippen LogP contribution in [0.4, 0.5) is 0 Å². The Hall–Kier alpha value is -1.40. The van der Waals surface area contributed by atoms with Crippen molar-refractivity contribution in [3.63, 3.8) is 0 Å². The average Bonchev–Trinajstić information content (AvgIpc) is 2.36. The van der Waals surface area contributed by atoms with Crippen LogP contribution in [0, 0.1) is 0 Å². The molecule has 0 bridgehead atoms. The zero-order valence-electron chi connectivity index (χ0n) is 9.85. The van der Waals surface area contributed by atoms with Crippen LogP contribution >= 0.6 is 15.9 Å². The number of methoxy groups -OCH3 is 1. The molecule has 0 fully saturated rings. The van der Waals surface area contributed by atoms with Crippen molar-refractivity contribution in [1.29, 1.82) is 0 Å². The van der Waals surface area contributed by atoms with Gasteiger partial charge in [0.1, 0.15) is 12.6 Å². The normalized spacial score (nSPS) is 11.7. The summed E-state index contributed by atoms with van der Waals surface area (Å²) in [4.78, 5) is 22.6. The van der Waals surface area contributed by atoms with Crippen LogP contribution in [0.2, 0.25) is 0 Å². The van der Waals surface area contributed by atoms with Gasteiger partial charge < -0.3 is 15.2 Å². The van der Waals surface area contributed by atoms with Crippen molar-refractivity contribution in [2.75, 3.05) is 13.7 Å². The first kappa shape index (κ1) is 14.7. The fourth-order valence-corrected chi connectivity index (χ4v) is 1.92. The van der Waals surface area contributed by atoms with E-state index in [0.717, 1.165) is 10.0 Å². The topological polar surface area (TPSA) is 75.6 Å². The minimum absolute atomic E-state index is 0.303. The summed E-state index contributed by atoms with van der Waals surface area (Å²) in [5.74, 6) is -1.16. The van der Waals surface area contributed by atoms with Crippen molar-refractivity contribution < 1.29 is 19.4 Å². The fraction of sp³-hybridized carbons (Fsp3) is 0.333. The maximum atomic E-state index is 11.5. The third-order valence-corrected chi connectivity index (χ3v) is 2.79. The third kappa shape index (κ3) is 4.46. The van der Waals surface area contributed by atoms with E-state index in [4.69, 9.17) is 5.11 Å². The standard InChI is InChI=1S/C12H14BrNO4/c1-18-12(17)10(14-11(16)7-15)6-8-3-2-4-9(13)5-8/h2-5,10,15H,6-7H2,1H3,(H,14,16)/t10-/m0/s1. The van der Waals surface area contributed by atoms with Crippen LogP contribution in [0.3, 0.4) is 0 Å². The van der Waals surface area contributed by atoms with E-state index in [-0.39, 0.29) is 0 Å². The smallest absolute Gasteiger partial charge is 0.328 e. The minimum Gasteiger partial charge on any atom is -0.467 e. The molecule has 98 valence electrons. The number of nitrogens with one attached hydrogen (secondary N) is 1. The number of rotatable bonds is 5. The number of aliphatic hydroxyl groups excluding tert-OH is 1. The van der Waals surface area contributed by atoms with Crippen LogP contribution in [-0.2, 0) is 20.7 Å². The molecule has 5 nitrogen and oxygen atoms in total. The molecule has 0 saturated heterocycles.